The van der Waals surface area contributed by atoms with Gasteiger partial charge in [-0.15, -0.1) is 0 Å². The Labute approximate surface area is 115 Å². The lowest BCUT2D eigenvalue weighted by Gasteiger charge is -2.07. The number of benzene rings is 1. The molecule has 0 spiro atoms. The van der Waals surface area contributed by atoms with Crippen LogP contribution in [-0.4, -0.2) is 25.7 Å². The molecule has 4 nitrogen and oxygen atoms in total. The van der Waals surface area contributed by atoms with Gasteiger partial charge in [0.25, 0.3) is 0 Å². The van der Waals surface area contributed by atoms with E-state index in [1.165, 1.54) is 5.56 Å². The predicted octanol–water partition coefficient (Wildman–Crippen LogP) is 2.33. The van der Waals surface area contributed by atoms with Gasteiger partial charge in [0, 0.05) is 25.3 Å². The van der Waals surface area contributed by atoms with Gasteiger partial charge in [0.05, 0.1) is 0 Å². The van der Waals surface area contributed by atoms with Crippen molar-refractivity contribution >= 4 is 11.6 Å². The molecule has 1 aromatic carbocycles. The molecule has 0 saturated heterocycles. The van der Waals surface area contributed by atoms with Crippen LogP contribution in [0.1, 0.15) is 31.7 Å². The standard InChI is InChI=1S/C15H24N2O2/c1-2-19-11-5-9-15(18)17-14-8-3-6-13(12-14)7-4-10-16/h3,6,8,12H,2,4-5,7,9-11,16H2,1H3,(H,17,18). The minimum absolute atomic E-state index is 0.0377. The summed E-state index contributed by atoms with van der Waals surface area (Å²) in [6.45, 7) is 3.98. The molecule has 0 radical (unpaired) electrons. The molecule has 0 saturated carbocycles. The van der Waals surface area contributed by atoms with E-state index in [2.05, 4.69) is 11.4 Å². The highest BCUT2D eigenvalue weighted by Gasteiger charge is 2.03. The first-order valence-electron chi connectivity index (χ1n) is 6.93. The topological polar surface area (TPSA) is 64.3 Å². The van der Waals surface area contributed by atoms with Crippen molar-refractivity contribution in [3.05, 3.63) is 29.8 Å². The van der Waals surface area contributed by atoms with Crippen LogP contribution in [0.4, 0.5) is 5.69 Å². The van der Waals surface area contributed by atoms with Crippen molar-refractivity contribution < 1.29 is 9.53 Å². The van der Waals surface area contributed by atoms with E-state index in [0.717, 1.165) is 24.9 Å². The number of rotatable bonds is 9. The van der Waals surface area contributed by atoms with Gasteiger partial charge in [0.1, 0.15) is 0 Å². The number of hydrogen-bond acceptors (Lipinski definition) is 3. The summed E-state index contributed by atoms with van der Waals surface area (Å²) in [7, 11) is 0. The van der Waals surface area contributed by atoms with Crippen LogP contribution in [0.5, 0.6) is 0 Å². The van der Waals surface area contributed by atoms with Gasteiger partial charge in [0.15, 0.2) is 0 Å². The van der Waals surface area contributed by atoms with Gasteiger partial charge in [0.2, 0.25) is 5.91 Å². The highest BCUT2D eigenvalue weighted by atomic mass is 16.5. The van der Waals surface area contributed by atoms with E-state index in [0.29, 0.717) is 26.2 Å². The molecule has 19 heavy (non-hydrogen) atoms. The molecule has 0 aliphatic heterocycles. The van der Waals surface area contributed by atoms with Crippen LogP contribution in [-0.2, 0) is 16.0 Å². The number of anilines is 1. The number of nitrogens with two attached hydrogens (primary N) is 1. The lowest BCUT2D eigenvalue weighted by molar-refractivity contribution is -0.116. The van der Waals surface area contributed by atoms with Crippen molar-refractivity contribution in [3.8, 4) is 0 Å². The van der Waals surface area contributed by atoms with E-state index in [4.69, 9.17) is 10.5 Å². The van der Waals surface area contributed by atoms with Crippen molar-refractivity contribution in [1.82, 2.24) is 0 Å². The first-order chi connectivity index (χ1) is 9.26. The molecule has 0 aliphatic rings. The SMILES string of the molecule is CCOCCCC(=O)Nc1cccc(CCCN)c1. The molecule has 0 atom stereocenters. The Bertz CT molecular complexity index is 380. The van der Waals surface area contributed by atoms with E-state index < -0.39 is 0 Å². The average molecular weight is 264 g/mol. The third-order valence-corrected chi connectivity index (χ3v) is 2.78. The summed E-state index contributed by atoms with van der Waals surface area (Å²) in [6, 6.07) is 7.94. The number of nitrogens with one attached hydrogen (secondary N) is 1. The van der Waals surface area contributed by atoms with Gasteiger partial charge in [-0.05, 0) is 50.4 Å². The molecule has 0 bridgehead atoms. The summed E-state index contributed by atoms with van der Waals surface area (Å²) in [5.74, 6) is 0.0377. The highest BCUT2D eigenvalue weighted by molar-refractivity contribution is 5.90. The lowest BCUT2D eigenvalue weighted by atomic mass is 10.1. The van der Waals surface area contributed by atoms with Crippen LogP contribution in [0, 0.1) is 0 Å². The highest BCUT2D eigenvalue weighted by Crippen LogP contribution is 2.12. The van der Waals surface area contributed by atoms with Crippen molar-refractivity contribution in [2.24, 2.45) is 5.73 Å². The molecular weight excluding hydrogens is 240 g/mol. The van der Waals surface area contributed by atoms with Crippen molar-refractivity contribution in [2.75, 3.05) is 25.1 Å². The van der Waals surface area contributed by atoms with Gasteiger partial charge in [-0.25, -0.2) is 0 Å². The Hall–Kier alpha value is -1.39. The fraction of sp³-hybridized carbons (Fsp3) is 0.533. The molecule has 106 valence electrons. The lowest BCUT2D eigenvalue weighted by Crippen LogP contribution is -2.12. The van der Waals surface area contributed by atoms with Gasteiger partial charge in [-0.2, -0.15) is 0 Å². The first-order valence-corrected chi connectivity index (χ1v) is 6.93. The van der Waals surface area contributed by atoms with Crippen molar-refractivity contribution in [3.63, 3.8) is 0 Å². The van der Waals surface area contributed by atoms with Crippen LogP contribution >= 0.6 is 0 Å². The maximum Gasteiger partial charge on any atom is 0.224 e. The van der Waals surface area contributed by atoms with Gasteiger partial charge >= 0.3 is 0 Å². The van der Waals surface area contributed by atoms with Crippen LogP contribution in [0.2, 0.25) is 0 Å². The fourth-order valence-corrected chi connectivity index (χ4v) is 1.81. The van der Waals surface area contributed by atoms with Gasteiger partial charge in [-0.1, -0.05) is 12.1 Å². The second-order valence-electron chi connectivity index (χ2n) is 4.44. The smallest absolute Gasteiger partial charge is 0.224 e. The quantitative estimate of drug-likeness (QED) is 0.673. The Morgan fingerprint density at radius 3 is 2.95 bits per heavy atom. The number of hydrogen-bond donors (Lipinski definition) is 2. The number of aryl methyl sites for hydroxylation is 1. The Balaban J connectivity index is 2.36. The largest absolute Gasteiger partial charge is 0.382 e. The molecule has 0 aliphatic carbocycles. The molecular formula is C15H24N2O2. The number of ether oxygens (including phenoxy) is 1. The summed E-state index contributed by atoms with van der Waals surface area (Å²) in [5.41, 5.74) is 7.56. The van der Waals surface area contributed by atoms with Crippen molar-refractivity contribution in [1.29, 1.82) is 0 Å². The monoisotopic (exact) mass is 264 g/mol. The average Bonchev–Trinajstić information content (AvgIpc) is 2.42. The molecule has 0 aromatic heterocycles. The summed E-state index contributed by atoms with van der Waals surface area (Å²) in [5, 5.41) is 2.91. The van der Waals surface area contributed by atoms with Crippen LogP contribution < -0.4 is 11.1 Å². The maximum atomic E-state index is 11.7. The molecule has 1 amide bonds. The third-order valence-electron chi connectivity index (χ3n) is 2.78. The number of carbonyl (C=O) groups is 1. The van der Waals surface area contributed by atoms with E-state index in [-0.39, 0.29) is 5.91 Å². The second-order valence-corrected chi connectivity index (χ2v) is 4.44. The minimum Gasteiger partial charge on any atom is -0.382 e. The zero-order valence-corrected chi connectivity index (χ0v) is 11.7. The Morgan fingerprint density at radius 2 is 2.21 bits per heavy atom. The van der Waals surface area contributed by atoms with Crippen molar-refractivity contribution in [2.45, 2.75) is 32.6 Å². The van der Waals surface area contributed by atoms with Gasteiger partial charge in [-0.3, -0.25) is 4.79 Å². The van der Waals surface area contributed by atoms with Crippen LogP contribution in [0.3, 0.4) is 0 Å². The van der Waals surface area contributed by atoms with E-state index >= 15 is 0 Å². The summed E-state index contributed by atoms with van der Waals surface area (Å²) in [6.07, 6.45) is 3.16. The molecule has 4 heteroatoms. The third kappa shape index (κ3) is 6.94. The van der Waals surface area contributed by atoms with Gasteiger partial charge < -0.3 is 15.8 Å². The predicted molar refractivity (Wildman–Crippen MR) is 78.2 cm³/mol. The zero-order valence-electron chi connectivity index (χ0n) is 11.7. The summed E-state index contributed by atoms with van der Waals surface area (Å²) in [4.78, 5) is 11.7. The maximum absolute atomic E-state index is 11.7. The normalized spacial score (nSPS) is 10.4. The molecule has 3 N–H and O–H groups in total. The Kier molecular flexibility index (Phi) is 7.86. The summed E-state index contributed by atoms with van der Waals surface area (Å²) < 4.78 is 5.21. The molecule has 0 heterocycles. The summed E-state index contributed by atoms with van der Waals surface area (Å²) >= 11 is 0. The van der Waals surface area contributed by atoms with E-state index in [9.17, 15) is 4.79 Å². The molecule has 0 fully saturated rings. The van der Waals surface area contributed by atoms with Crippen LogP contribution in [0.15, 0.2) is 24.3 Å². The zero-order chi connectivity index (χ0) is 13.9. The first kappa shape index (κ1) is 15.7. The molecule has 0 unspecified atom stereocenters. The van der Waals surface area contributed by atoms with Crippen LogP contribution in [0.25, 0.3) is 0 Å². The number of carbonyl (C=O) groups excluding carboxylic acids is 1. The molecule has 1 aromatic rings. The Morgan fingerprint density at radius 1 is 1.37 bits per heavy atom. The van der Waals surface area contributed by atoms with E-state index in [1.807, 2.05) is 25.1 Å². The molecule has 1 rings (SSSR count). The second kappa shape index (κ2) is 9.53. The minimum atomic E-state index is 0.0377. The van der Waals surface area contributed by atoms with E-state index in [1.54, 1.807) is 0 Å². The number of amides is 1. The fourth-order valence-electron chi connectivity index (χ4n) is 1.81.